The molecule has 0 bridgehead atoms. The van der Waals surface area contributed by atoms with Crippen LogP contribution >= 0.6 is 0 Å². The van der Waals surface area contributed by atoms with Crippen molar-refractivity contribution in [3.8, 4) is 0 Å². The Hall–Kier alpha value is -2.74. The Balaban J connectivity index is 1.59. The van der Waals surface area contributed by atoms with Crippen molar-refractivity contribution < 1.29 is 0 Å². The lowest BCUT2D eigenvalue weighted by atomic mass is 9.95. The van der Waals surface area contributed by atoms with E-state index in [1.807, 2.05) is 12.3 Å². The largest absolute Gasteiger partial charge is 0.256 e. The summed E-state index contributed by atoms with van der Waals surface area (Å²) in [5, 5.41) is 2.41. The van der Waals surface area contributed by atoms with Crippen LogP contribution in [0.3, 0.4) is 0 Å². The van der Waals surface area contributed by atoms with E-state index in [1.54, 1.807) is 0 Å². The minimum Gasteiger partial charge on any atom is -0.256 e. The predicted octanol–water partition coefficient (Wildman–Crippen LogP) is 6.25. The number of hydrogen-bond acceptors (Lipinski definition) is 2. The molecule has 0 radical (unpaired) electrons. The zero-order chi connectivity index (χ0) is 18.1. The fraction of sp³-hybridized carbons (Fsp3) is 0.250. The number of pyridine rings is 2. The summed E-state index contributed by atoms with van der Waals surface area (Å²) in [6, 6.07) is 21.5. The summed E-state index contributed by atoms with van der Waals surface area (Å²) in [6.07, 6.45) is 2.97. The summed E-state index contributed by atoms with van der Waals surface area (Å²) in [5.41, 5.74) is 5.89. The van der Waals surface area contributed by atoms with Gasteiger partial charge in [0.05, 0.1) is 11.0 Å². The molecule has 4 rings (SSSR count). The van der Waals surface area contributed by atoms with E-state index >= 15 is 0 Å². The van der Waals surface area contributed by atoms with Gasteiger partial charge in [0.2, 0.25) is 0 Å². The Morgan fingerprint density at radius 3 is 2.46 bits per heavy atom. The van der Waals surface area contributed by atoms with Crippen molar-refractivity contribution in [1.82, 2.24) is 9.97 Å². The molecule has 0 N–H and O–H groups in total. The van der Waals surface area contributed by atoms with Crippen molar-refractivity contribution in [3.05, 3.63) is 83.7 Å². The maximum absolute atomic E-state index is 4.85. The van der Waals surface area contributed by atoms with Crippen LogP contribution < -0.4 is 0 Å². The number of fused-ring (bicyclic) bond motifs is 2. The molecule has 2 aromatic carbocycles. The van der Waals surface area contributed by atoms with Crippen LogP contribution in [0, 0.1) is 0 Å². The fourth-order valence-electron chi connectivity index (χ4n) is 3.44. The third-order valence-electron chi connectivity index (χ3n) is 5.10. The van der Waals surface area contributed by atoms with Gasteiger partial charge in [-0.2, -0.15) is 0 Å². The Morgan fingerprint density at radius 1 is 0.808 bits per heavy atom. The standard InChI is InChI=1S/C24H24N2/c1-16(2)21-14-20-9-8-18(13-24(20)25-15-21)12-17(3)22-11-10-19-6-4-5-7-23(19)26-22/h4-11,13-17H,12H2,1-3H3. The van der Waals surface area contributed by atoms with E-state index in [-0.39, 0.29) is 0 Å². The van der Waals surface area contributed by atoms with Crippen LogP contribution in [0.2, 0.25) is 0 Å². The highest BCUT2D eigenvalue weighted by Gasteiger charge is 2.10. The normalized spacial score (nSPS) is 12.8. The van der Waals surface area contributed by atoms with Gasteiger partial charge >= 0.3 is 0 Å². The second-order valence-electron chi connectivity index (χ2n) is 7.48. The number of aromatic nitrogens is 2. The molecule has 0 saturated heterocycles. The molecule has 0 amide bonds. The second kappa shape index (κ2) is 6.87. The molecule has 0 aliphatic rings. The third-order valence-corrected chi connectivity index (χ3v) is 5.10. The molecule has 2 aromatic heterocycles. The van der Waals surface area contributed by atoms with Crippen molar-refractivity contribution in [2.75, 3.05) is 0 Å². The number of para-hydroxylation sites is 1. The van der Waals surface area contributed by atoms with Gasteiger partial charge in [-0.05, 0) is 47.7 Å². The highest BCUT2D eigenvalue weighted by molar-refractivity contribution is 5.80. The molecule has 2 heteroatoms. The Kier molecular flexibility index (Phi) is 4.42. The number of rotatable bonds is 4. The molecule has 0 fully saturated rings. The van der Waals surface area contributed by atoms with Gasteiger partial charge in [-0.25, -0.2) is 0 Å². The first-order valence-corrected chi connectivity index (χ1v) is 9.34. The fourth-order valence-corrected chi connectivity index (χ4v) is 3.44. The van der Waals surface area contributed by atoms with Crippen molar-refractivity contribution in [3.63, 3.8) is 0 Å². The molecule has 0 spiro atoms. The lowest BCUT2D eigenvalue weighted by Crippen LogP contribution is -2.01. The summed E-state index contributed by atoms with van der Waals surface area (Å²) < 4.78 is 0. The lowest BCUT2D eigenvalue weighted by molar-refractivity contribution is 0.735. The van der Waals surface area contributed by atoms with E-state index in [4.69, 9.17) is 4.98 Å². The molecule has 2 nitrogen and oxygen atoms in total. The number of benzene rings is 2. The Labute approximate surface area is 154 Å². The van der Waals surface area contributed by atoms with Gasteiger partial charge in [-0.3, -0.25) is 9.97 Å². The van der Waals surface area contributed by atoms with Gasteiger partial charge < -0.3 is 0 Å². The maximum Gasteiger partial charge on any atom is 0.0705 e. The highest BCUT2D eigenvalue weighted by Crippen LogP contribution is 2.25. The van der Waals surface area contributed by atoms with Crippen LogP contribution in [0.1, 0.15) is 49.4 Å². The van der Waals surface area contributed by atoms with Gasteiger partial charge in [0, 0.05) is 28.6 Å². The molecule has 130 valence electrons. The Bertz CT molecular complexity index is 1070. The quantitative estimate of drug-likeness (QED) is 0.438. The van der Waals surface area contributed by atoms with E-state index in [0.717, 1.165) is 23.1 Å². The summed E-state index contributed by atoms with van der Waals surface area (Å²) in [4.78, 5) is 9.52. The monoisotopic (exact) mass is 340 g/mol. The predicted molar refractivity (Wildman–Crippen MR) is 110 cm³/mol. The molecule has 0 aliphatic carbocycles. The zero-order valence-electron chi connectivity index (χ0n) is 15.6. The zero-order valence-corrected chi connectivity index (χ0v) is 15.6. The van der Waals surface area contributed by atoms with E-state index in [2.05, 4.69) is 80.4 Å². The van der Waals surface area contributed by atoms with E-state index < -0.39 is 0 Å². The summed E-state index contributed by atoms with van der Waals surface area (Å²) in [7, 11) is 0. The summed E-state index contributed by atoms with van der Waals surface area (Å²) in [6.45, 7) is 6.65. The molecule has 0 saturated carbocycles. The highest BCUT2D eigenvalue weighted by atomic mass is 14.7. The average Bonchev–Trinajstić information content (AvgIpc) is 2.67. The lowest BCUT2D eigenvalue weighted by Gasteiger charge is -2.13. The number of nitrogens with zero attached hydrogens (tertiary/aromatic N) is 2. The minimum absolute atomic E-state index is 0.368. The van der Waals surface area contributed by atoms with E-state index in [1.165, 1.54) is 21.9 Å². The summed E-state index contributed by atoms with van der Waals surface area (Å²) in [5.74, 6) is 0.873. The van der Waals surface area contributed by atoms with Crippen LogP contribution in [0.25, 0.3) is 21.8 Å². The van der Waals surface area contributed by atoms with Crippen LogP contribution in [0.15, 0.2) is 66.9 Å². The van der Waals surface area contributed by atoms with E-state index in [9.17, 15) is 0 Å². The molecule has 26 heavy (non-hydrogen) atoms. The molecular weight excluding hydrogens is 316 g/mol. The molecular formula is C24H24N2. The third kappa shape index (κ3) is 3.32. The van der Waals surface area contributed by atoms with Gasteiger partial charge in [-0.1, -0.05) is 57.2 Å². The first-order valence-electron chi connectivity index (χ1n) is 9.34. The molecule has 0 aliphatic heterocycles. The topological polar surface area (TPSA) is 25.8 Å². The molecule has 1 atom stereocenters. The van der Waals surface area contributed by atoms with Crippen molar-refractivity contribution in [2.24, 2.45) is 0 Å². The van der Waals surface area contributed by atoms with Crippen molar-refractivity contribution in [2.45, 2.75) is 39.0 Å². The van der Waals surface area contributed by atoms with Crippen LogP contribution in [-0.4, -0.2) is 9.97 Å². The smallest absolute Gasteiger partial charge is 0.0705 e. The minimum atomic E-state index is 0.368. The van der Waals surface area contributed by atoms with Gasteiger partial charge in [0.15, 0.2) is 0 Å². The van der Waals surface area contributed by atoms with Crippen molar-refractivity contribution in [1.29, 1.82) is 0 Å². The van der Waals surface area contributed by atoms with Crippen LogP contribution in [0.5, 0.6) is 0 Å². The van der Waals surface area contributed by atoms with Gasteiger partial charge in [0.25, 0.3) is 0 Å². The Morgan fingerprint density at radius 2 is 1.62 bits per heavy atom. The van der Waals surface area contributed by atoms with Crippen LogP contribution in [0.4, 0.5) is 0 Å². The van der Waals surface area contributed by atoms with Crippen LogP contribution in [-0.2, 0) is 6.42 Å². The maximum atomic E-state index is 4.85. The van der Waals surface area contributed by atoms with Crippen molar-refractivity contribution >= 4 is 21.8 Å². The SMILES string of the molecule is CC(C)c1cnc2cc(CC(C)c3ccc4ccccc4n3)ccc2c1. The van der Waals surface area contributed by atoms with E-state index in [0.29, 0.717) is 11.8 Å². The van der Waals surface area contributed by atoms with Gasteiger partial charge in [-0.15, -0.1) is 0 Å². The number of hydrogen-bond donors (Lipinski definition) is 0. The van der Waals surface area contributed by atoms with Gasteiger partial charge in [0.1, 0.15) is 0 Å². The molecule has 4 aromatic rings. The molecule has 2 heterocycles. The molecule has 1 unspecified atom stereocenters. The first kappa shape index (κ1) is 16.7. The summed E-state index contributed by atoms with van der Waals surface area (Å²) >= 11 is 0. The second-order valence-corrected chi connectivity index (χ2v) is 7.48. The first-order chi connectivity index (χ1) is 12.6. The average molecular weight is 340 g/mol.